The Morgan fingerprint density at radius 1 is 1.03 bits per heavy atom. The summed E-state index contributed by atoms with van der Waals surface area (Å²) >= 11 is 6.28. The number of benzene rings is 2. The Balaban J connectivity index is 1.39. The SMILES string of the molecule is O=C(Nc1ccc(F)c(F)c1)c1ccc(Cl)c(S(=O)(=O)C2CC3CC[C@@H](C2)C3(O)C(O)c2ccncc2)c1. The zero-order valence-corrected chi connectivity index (χ0v) is 21.6. The number of amides is 1. The minimum Gasteiger partial charge on any atom is -0.386 e. The molecule has 2 bridgehead atoms. The lowest BCUT2D eigenvalue weighted by Crippen LogP contribution is -2.52. The molecule has 2 aromatic carbocycles. The number of hydrogen-bond acceptors (Lipinski definition) is 6. The molecule has 0 radical (unpaired) electrons. The van der Waals surface area contributed by atoms with Crippen LogP contribution in [0.5, 0.6) is 0 Å². The number of nitrogens with one attached hydrogen (secondary N) is 1. The summed E-state index contributed by atoms with van der Waals surface area (Å²) in [6.45, 7) is 0. The number of halogens is 3. The number of aliphatic hydroxyl groups is 2. The fourth-order valence-electron chi connectivity index (χ4n) is 5.87. The number of hydrogen-bond donors (Lipinski definition) is 3. The predicted molar refractivity (Wildman–Crippen MR) is 136 cm³/mol. The molecule has 5 atom stereocenters. The number of pyridine rings is 1. The van der Waals surface area contributed by atoms with Gasteiger partial charge >= 0.3 is 0 Å². The van der Waals surface area contributed by atoms with Crippen molar-refractivity contribution in [3.63, 3.8) is 0 Å². The van der Waals surface area contributed by atoms with Gasteiger partial charge in [-0.3, -0.25) is 9.78 Å². The molecule has 11 heteroatoms. The fourth-order valence-corrected chi connectivity index (χ4v) is 8.28. The molecule has 2 fully saturated rings. The van der Waals surface area contributed by atoms with Gasteiger partial charge in [0.25, 0.3) is 5.91 Å². The fraction of sp³-hybridized carbons (Fsp3) is 0.333. The number of sulfone groups is 1. The van der Waals surface area contributed by atoms with Crippen molar-refractivity contribution < 1.29 is 32.2 Å². The van der Waals surface area contributed by atoms with Crippen LogP contribution in [-0.2, 0) is 9.84 Å². The van der Waals surface area contributed by atoms with Gasteiger partial charge in [0.15, 0.2) is 21.5 Å². The van der Waals surface area contributed by atoms with E-state index in [0.29, 0.717) is 18.4 Å². The first-order valence-corrected chi connectivity index (χ1v) is 14.0. The molecule has 1 amide bonds. The molecule has 2 aliphatic rings. The van der Waals surface area contributed by atoms with E-state index >= 15 is 0 Å². The van der Waals surface area contributed by atoms with Crippen molar-refractivity contribution in [2.45, 2.75) is 47.5 Å². The number of aromatic nitrogens is 1. The summed E-state index contributed by atoms with van der Waals surface area (Å²) in [5.41, 5.74) is -0.975. The van der Waals surface area contributed by atoms with E-state index in [4.69, 9.17) is 11.6 Å². The molecule has 3 N–H and O–H groups in total. The Labute approximate surface area is 223 Å². The largest absolute Gasteiger partial charge is 0.386 e. The molecule has 3 aromatic rings. The molecule has 2 aliphatic carbocycles. The van der Waals surface area contributed by atoms with Crippen LogP contribution in [0.15, 0.2) is 65.8 Å². The predicted octanol–water partition coefficient (Wildman–Crippen LogP) is 4.69. The second-order valence-corrected chi connectivity index (χ2v) is 12.5. The van der Waals surface area contributed by atoms with Crippen molar-refractivity contribution in [2.75, 3.05) is 5.32 Å². The zero-order valence-electron chi connectivity index (χ0n) is 20.0. The van der Waals surface area contributed by atoms with Crippen molar-refractivity contribution in [2.24, 2.45) is 11.8 Å². The van der Waals surface area contributed by atoms with Gasteiger partial charge in [0.05, 0.1) is 15.2 Å². The van der Waals surface area contributed by atoms with Gasteiger partial charge in [-0.1, -0.05) is 11.6 Å². The molecule has 200 valence electrons. The topological polar surface area (TPSA) is 117 Å². The average molecular weight is 563 g/mol. The van der Waals surface area contributed by atoms with Gasteiger partial charge in [-0.2, -0.15) is 0 Å². The lowest BCUT2D eigenvalue weighted by Gasteiger charge is -2.45. The van der Waals surface area contributed by atoms with Crippen molar-refractivity contribution in [1.29, 1.82) is 0 Å². The number of carbonyl (C=O) groups is 1. The van der Waals surface area contributed by atoms with Crippen LogP contribution >= 0.6 is 11.6 Å². The summed E-state index contributed by atoms with van der Waals surface area (Å²) in [5.74, 6) is -3.83. The summed E-state index contributed by atoms with van der Waals surface area (Å²) < 4.78 is 54.2. The third kappa shape index (κ3) is 4.59. The van der Waals surface area contributed by atoms with E-state index in [1.54, 1.807) is 12.1 Å². The summed E-state index contributed by atoms with van der Waals surface area (Å²) in [5, 5.41) is 24.1. The van der Waals surface area contributed by atoms with Crippen LogP contribution in [-0.4, -0.2) is 40.4 Å². The van der Waals surface area contributed by atoms with E-state index < -0.39 is 56.2 Å². The first kappa shape index (κ1) is 26.7. The maximum Gasteiger partial charge on any atom is 0.255 e. The van der Waals surface area contributed by atoms with Gasteiger partial charge in [-0.15, -0.1) is 0 Å². The van der Waals surface area contributed by atoms with Crippen molar-refractivity contribution in [1.82, 2.24) is 4.98 Å². The van der Waals surface area contributed by atoms with Crippen LogP contribution in [0.1, 0.15) is 47.7 Å². The summed E-state index contributed by atoms with van der Waals surface area (Å²) in [4.78, 5) is 16.5. The van der Waals surface area contributed by atoms with Crippen molar-refractivity contribution >= 4 is 33.0 Å². The van der Waals surface area contributed by atoms with E-state index in [2.05, 4.69) is 10.3 Å². The first-order valence-electron chi connectivity index (χ1n) is 12.1. The maximum atomic E-state index is 13.7. The second-order valence-electron chi connectivity index (χ2n) is 9.91. The van der Waals surface area contributed by atoms with Crippen LogP contribution in [0.4, 0.5) is 14.5 Å². The molecule has 5 rings (SSSR count). The molecule has 1 heterocycles. The Morgan fingerprint density at radius 3 is 2.32 bits per heavy atom. The third-order valence-corrected chi connectivity index (χ3v) is 10.5. The molecule has 0 aliphatic heterocycles. The second kappa shape index (κ2) is 10.00. The van der Waals surface area contributed by atoms with Crippen LogP contribution in [0.2, 0.25) is 5.02 Å². The Kier molecular flexibility index (Phi) is 7.02. The molecule has 0 saturated heterocycles. The molecule has 2 saturated carbocycles. The van der Waals surface area contributed by atoms with Gasteiger partial charge in [-0.25, -0.2) is 17.2 Å². The highest BCUT2D eigenvalue weighted by molar-refractivity contribution is 7.92. The molecular weight excluding hydrogens is 538 g/mol. The summed E-state index contributed by atoms with van der Waals surface area (Å²) in [6, 6.07) is 9.93. The summed E-state index contributed by atoms with van der Waals surface area (Å²) in [7, 11) is -4.02. The average Bonchev–Trinajstić information content (AvgIpc) is 3.06. The number of aliphatic hydroxyl groups excluding tert-OH is 1. The monoisotopic (exact) mass is 562 g/mol. The van der Waals surface area contributed by atoms with Crippen LogP contribution < -0.4 is 5.32 Å². The number of carbonyl (C=O) groups excluding carboxylic acids is 1. The Morgan fingerprint density at radius 2 is 1.68 bits per heavy atom. The van der Waals surface area contributed by atoms with E-state index in [9.17, 15) is 32.2 Å². The molecule has 1 aromatic heterocycles. The van der Waals surface area contributed by atoms with E-state index in [-0.39, 0.29) is 34.0 Å². The Hall–Kier alpha value is -2.92. The lowest BCUT2D eigenvalue weighted by molar-refractivity contribution is -0.144. The summed E-state index contributed by atoms with van der Waals surface area (Å²) in [6.07, 6.45) is 3.26. The third-order valence-electron chi connectivity index (χ3n) is 7.84. The first-order chi connectivity index (χ1) is 18.0. The van der Waals surface area contributed by atoms with E-state index in [0.717, 1.165) is 12.1 Å². The molecule has 38 heavy (non-hydrogen) atoms. The highest BCUT2D eigenvalue weighted by atomic mass is 35.5. The quantitative estimate of drug-likeness (QED) is 0.401. The maximum absolute atomic E-state index is 13.7. The van der Waals surface area contributed by atoms with Gasteiger partial charge in [0, 0.05) is 29.7 Å². The number of anilines is 1. The van der Waals surface area contributed by atoms with Crippen LogP contribution in [0.25, 0.3) is 0 Å². The van der Waals surface area contributed by atoms with Crippen LogP contribution in [0.3, 0.4) is 0 Å². The van der Waals surface area contributed by atoms with Gasteiger partial charge in [0.2, 0.25) is 0 Å². The van der Waals surface area contributed by atoms with E-state index in [1.165, 1.54) is 36.7 Å². The minimum absolute atomic E-state index is 0.00385. The van der Waals surface area contributed by atoms with Crippen LogP contribution in [0, 0.1) is 23.5 Å². The smallest absolute Gasteiger partial charge is 0.255 e. The van der Waals surface area contributed by atoms with Gasteiger partial charge < -0.3 is 15.5 Å². The van der Waals surface area contributed by atoms with Crippen molar-refractivity contribution in [3.05, 3.63) is 88.7 Å². The standard InChI is InChI=1S/C27H25ClF2N2O5S/c28-21-5-1-16(26(34)32-19-4-6-22(29)23(30)14-19)11-24(21)38(36,37)20-12-17-2-3-18(13-20)27(17,35)25(33)15-7-9-31-10-8-15/h1,4-11,14,17-18,20,25,33,35H,2-3,12-13H2,(H,32,34)/t17-,18?,20?,25?,27?/m0/s1. The number of rotatable bonds is 6. The molecule has 4 unspecified atom stereocenters. The normalized spacial score (nSPS) is 25.7. The van der Waals surface area contributed by atoms with Crippen molar-refractivity contribution in [3.8, 4) is 0 Å². The van der Waals surface area contributed by atoms with Gasteiger partial charge in [-0.05, 0) is 85.5 Å². The number of nitrogens with zero attached hydrogens (tertiary/aromatic N) is 1. The highest BCUT2D eigenvalue weighted by Crippen LogP contribution is 2.56. The minimum atomic E-state index is -4.02. The lowest BCUT2D eigenvalue weighted by atomic mass is 9.69. The zero-order chi connectivity index (χ0) is 27.2. The Bertz CT molecular complexity index is 1470. The van der Waals surface area contributed by atoms with E-state index in [1.807, 2.05) is 0 Å². The number of fused-ring (bicyclic) bond motifs is 2. The highest BCUT2D eigenvalue weighted by Gasteiger charge is 2.59. The molecule has 7 nitrogen and oxygen atoms in total. The molecule has 0 spiro atoms. The van der Waals surface area contributed by atoms with Gasteiger partial charge in [0.1, 0.15) is 11.7 Å². The molecular formula is C27H25ClF2N2O5S.